The Morgan fingerprint density at radius 3 is 2.41 bits per heavy atom. The second kappa shape index (κ2) is 14.2. The summed E-state index contributed by atoms with van der Waals surface area (Å²) in [5, 5.41) is 20.5. The van der Waals surface area contributed by atoms with E-state index in [0.29, 0.717) is 23.7 Å². The summed E-state index contributed by atoms with van der Waals surface area (Å²) in [5.41, 5.74) is 1.76. The highest BCUT2D eigenvalue weighted by Gasteiger charge is 2.35. The first kappa shape index (κ1) is 32.1. The molecule has 0 aliphatic carbocycles. The molecule has 0 saturated carbocycles. The summed E-state index contributed by atoms with van der Waals surface area (Å²) < 4.78 is 11.7. The highest BCUT2D eigenvalue weighted by atomic mass is 16.5. The summed E-state index contributed by atoms with van der Waals surface area (Å²) in [6, 6.07) is 24.0. The SMILES string of the molecule is COc1ccc(NC(=O)Nc2cccc3c2O[C@H](CN(C)C(=O)Nc2cccc4ccccc24)[C@@H](C)CN([C@@H](C)CO)C3=O)cc1. The monoisotopic (exact) mass is 625 g/mol. The average molecular weight is 626 g/mol. The van der Waals surface area contributed by atoms with Crippen LogP contribution in [0.25, 0.3) is 10.8 Å². The zero-order valence-corrected chi connectivity index (χ0v) is 26.3. The summed E-state index contributed by atoms with van der Waals surface area (Å²) in [6.45, 7) is 3.95. The molecule has 5 rings (SSSR count). The van der Waals surface area contributed by atoms with Crippen molar-refractivity contribution in [3.05, 3.63) is 90.5 Å². The van der Waals surface area contributed by atoms with Crippen LogP contribution in [0.3, 0.4) is 0 Å². The number of aliphatic hydroxyl groups excluding tert-OH is 1. The highest BCUT2D eigenvalue weighted by molar-refractivity contribution is 6.04. The molecule has 11 nitrogen and oxygen atoms in total. The largest absolute Gasteiger partial charge is 0.497 e. The number of aliphatic hydroxyl groups is 1. The van der Waals surface area contributed by atoms with E-state index < -0.39 is 18.2 Å². The van der Waals surface area contributed by atoms with Gasteiger partial charge in [0.05, 0.1) is 43.2 Å². The fraction of sp³-hybridized carbons (Fsp3) is 0.286. The van der Waals surface area contributed by atoms with Crippen LogP contribution < -0.4 is 25.4 Å². The molecular weight excluding hydrogens is 586 g/mol. The molecule has 4 aromatic rings. The lowest BCUT2D eigenvalue weighted by Crippen LogP contribution is -2.50. The van der Waals surface area contributed by atoms with Crippen molar-refractivity contribution in [2.45, 2.75) is 26.0 Å². The Balaban J connectivity index is 1.40. The van der Waals surface area contributed by atoms with Gasteiger partial charge in [0.1, 0.15) is 11.9 Å². The van der Waals surface area contributed by atoms with Crippen molar-refractivity contribution < 1.29 is 29.0 Å². The van der Waals surface area contributed by atoms with E-state index in [2.05, 4.69) is 16.0 Å². The zero-order chi connectivity index (χ0) is 32.8. The quantitative estimate of drug-likeness (QED) is 0.194. The van der Waals surface area contributed by atoms with E-state index in [9.17, 15) is 19.5 Å². The molecule has 0 aromatic heterocycles. The molecule has 0 unspecified atom stereocenters. The smallest absolute Gasteiger partial charge is 0.323 e. The van der Waals surface area contributed by atoms with Gasteiger partial charge >= 0.3 is 12.1 Å². The third kappa shape index (κ3) is 7.16. The second-order valence-electron chi connectivity index (χ2n) is 11.4. The van der Waals surface area contributed by atoms with Gasteiger partial charge in [0.15, 0.2) is 5.75 Å². The number of ether oxygens (including phenoxy) is 2. The molecular formula is C35H39N5O6. The molecule has 0 radical (unpaired) electrons. The van der Waals surface area contributed by atoms with Gasteiger partial charge in [-0.1, -0.05) is 49.4 Å². The van der Waals surface area contributed by atoms with Crippen LogP contribution >= 0.6 is 0 Å². The van der Waals surface area contributed by atoms with E-state index >= 15 is 0 Å². The number of hydrogen-bond donors (Lipinski definition) is 4. The van der Waals surface area contributed by atoms with Crippen molar-refractivity contribution in [1.82, 2.24) is 9.80 Å². The van der Waals surface area contributed by atoms with Crippen molar-refractivity contribution in [1.29, 1.82) is 0 Å². The number of urea groups is 2. The third-order valence-corrected chi connectivity index (χ3v) is 8.12. The molecule has 3 atom stereocenters. The first-order chi connectivity index (χ1) is 22.2. The number of likely N-dealkylation sites (N-methyl/N-ethyl adjacent to an activating group) is 1. The van der Waals surface area contributed by atoms with Gasteiger partial charge in [-0.15, -0.1) is 0 Å². The van der Waals surface area contributed by atoms with Gasteiger partial charge in [0.25, 0.3) is 5.91 Å². The highest BCUT2D eigenvalue weighted by Crippen LogP contribution is 2.35. The van der Waals surface area contributed by atoms with Gasteiger partial charge in [-0.2, -0.15) is 0 Å². The molecule has 0 spiro atoms. The lowest BCUT2D eigenvalue weighted by atomic mass is 9.99. The molecule has 11 heteroatoms. The van der Waals surface area contributed by atoms with Gasteiger partial charge in [0, 0.05) is 30.6 Å². The summed E-state index contributed by atoms with van der Waals surface area (Å²) in [4.78, 5) is 43.4. The van der Waals surface area contributed by atoms with Crippen molar-refractivity contribution in [3.63, 3.8) is 0 Å². The lowest BCUT2D eigenvalue weighted by Gasteiger charge is -2.38. The fourth-order valence-corrected chi connectivity index (χ4v) is 5.42. The Hall–Kier alpha value is -5.29. The Morgan fingerprint density at radius 2 is 1.67 bits per heavy atom. The average Bonchev–Trinajstić information content (AvgIpc) is 3.06. The molecule has 0 saturated heterocycles. The number of methoxy groups -OCH3 is 1. The minimum atomic E-state index is -0.573. The zero-order valence-electron chi connectivity index (χ0n) is 26.3. The Morgan fingerprint density at radius 1 is 0.978 bits per heavy atom. The fourth-order valence-electron chi connectivity index (χ4n) is 5.42. The van der Waals surface area contributed by atoms with Crippen LogP contribution in [0.15, 0.2) is 84.9 Å². The van der Waals surface area contributed by atoms with Crippen molar-refractivity contribution >= 4 is 45.8 Å². The Labute approximate surface area is 268 Å². The van der Waals surface area contributed by atoms with E-state index in [0.717, 1.165) is 10.8 Å². The maximum atomic E-state index is 13.8. The number of rotatable bonds is 8. The number of fused-ring (bicyclic) bond motifs is 2. The maximum absolute atomic E-state index is 13.8. The predicted octanol–water partition coefficient (Wildman–Crippen LogP) is 5.88. The number of para-hydroxylation sites is 1. The molecule has 1 heterocycles. The summed E-state index contributed by atoms with van der Waals surface area (Å²) in [6.07, 6.45) is -0.573. The number of nitrogens with one attached hydrogen (secondary N) is 3. The molecule has 0 fully saturated rings. The number of amides is 5. The molecule has 5 amide bonds. The number of benzene rings is 4. The van der Waals surface area contributed by atoms with Crippen LogP contribution in [0.1, 0.15) is 24.2 Å². The Bertz CT molecular complexity index is 1710. The molecule has 0 bridgehead atoms. The summed E-state index contributed by atoms with van der Waals surface area (Å²) in [7, 11) is 3.24. The van der Waals surface area contributed by atoms with Crippen LogP contribution in [0.5, 0.6) is 11.5 Å². The minimum Gasteiger partial charge on any atom is -0.497 e. The van der Waals surface area contributed by atoms with Crippen LogP contribution in [-0.4, -0.2) is 78.9 Å². The normalized spacial score (nSPS) is 16.7. The van der Waals surface area contributed by atoms with Crippen LogP contribution in [0.2, 0.25) is 0 Å². The number of carbonyl (C=O) groups is 3. The van der Waals surface area contributed by atoms with Gasteiger partial charge in [0.2, 0.25) is 0 Å². The third-order valence-electron chi connectivity index (χ3n) is 8.12. The molecule has 4 aromatic carbocycles. The van der Waals surface area contributed by atoms with E-state index in [-0.39, 0.29) is 48.0 Å². The van der Waals surface area contributed by atoms with Gasteiger partial charge in [-0.05, 0) is 54.8 Å². The maximum Gasteiger partial charge on any atom is 0.323 e. The second-order valence-corrected chi connectivity index (χ2v) is 11.4. The Kier molecular flexibility index (Phi) is 9.92. The first-order valence-corrected chi connectivity index (χ1v) is 15.1. The molecule has 1 aliphatic heterocycles. The number of carbonyl (C=O) groups excluding carboxylic acids is 3. The first-order valence-electron chi connectivity index (χ1n) is 15.1. The molecule has 240 valence electrons. The van der Waals surface area contributed by atoms with Gasteiger partial charge in [-0.25, -0.2) is 9.59 Å². The van der Waals surface area contributed by atoms with Crippen molar-refractivity contribution in [2.24, 2.45) is 5.92 Å². The number of anilines is 3. The number of hydrogen-bond acceptors (Lipinski definition) is 6. The van der Waals surface area contributed by atoms with Crippen LogP contribution in [0.4, 0.5) is 26.7 Å². The van der Waals surface area contributed by atoms with E-state index in [1.807, 2.05) is 49.4 Å². The minimum absolute atomic E-state index is 0.180. The predicted molar refractivity (Wildman–Crippen MR) is 179 cm³/mol. The van der Waals surface area contributed by atoms with Gasteiger partial charge in [-0.3, -0.25) is 4.79 Å². The standard InChI is InChI=1S/C35H39N5O6/c1-22-19-40(23(2)21-41)33(42)28-12-8-14-30(37-34(43)36-25-15-17-26(45-4)18-16-25)32(28)46-31(22)20-39(3)35(44)38-29-13-7-10-24-9-5-6-11-27(24)29/h5-18,22-23,31,41H,19-21H2,1-4H3,(H,38,44)(H2,36,37,43)/t22-,23-,31+/m0/s1. The van der Waals surface area contributed by atoms with E-state index in [1.54, 1.807) is 68.4 Å². The number of nitrogens with zero attached hydrogens (tertiary/aromatic N) is 2. The van der Waals surface area contributed by atoms with Crippen molar-refractivity contribution in [3.8, 4) is 11.5 Å². The van der Waals surface area contributed by atoms with E-state index in [4.69, 9.17) is 9.47 Å². The molecule has 46 heavy (non-hydrogen) atoms. The molecule has 1 aliphatic rings. The van der Waals surface area contributed by atoms with Crippen molar-refractivity contribution in [2.75, 3.05) is 49.8 Å². The van der Waals surface area contributed by atoms with Crippen LogP contribution in [-0.2, 0) is 0 Å². The molecule has 4 N–H and O–H groups in total. The summed E-state index contributed by atoms with van der Waals surface area (Å²) in [5.74, 6) is 0.259. The lowest BCUT2D eigenvalue weighted by molar-refractivity contribution is 0.0373. The topological polar surface area (TPSA) is 132 Å². The summed E-state index contributed by atoms with van der Waals surface area (Å²) >= 11 is 0. The van der Waals surface area contributed by atoms with Crippen LogP contribution in [0, 0.1) is 5.92 Å². The van der Waals surface area contributed by atoms with Gasteiger partial charge < -0.3 is 40.3 Å². The van der Waals surface area contributed by atoms with E-state index in [1.165, 1.54) is 4.90 Å².